The molecule has 0 aliphatic heterocycles. The summed E-state index contributed by atoms with van der Waals surface area (Å²) in [5, 5.41) is 9.00. The molecule has 0 aromatic heterocycles. The molecule has 0 unspecified atom stereocenters. The van der Waals surface area contributed by atoms with E-state index in [1.807, 2.05) is 0 Å². The fraction of sp³-hybridized carbons (Fsp3) is 0.684. The highest BCUT2D eigenvalue weighted by Gasteiger charge is 2.10. The highest BCUT2D eigenvalue weighted by atomic mass is 16.2. The molecule has 1 nitrogen and oxygen atoms in total. The molecule has 1 aromatic rings. The van der Waals surface area contributed by atoms with Crippen molar-refractivity contribution in [3.63, 3.8) is 0 Å². The normalized spacial score (nSPS) is 11.0. The van der Waals surface area contributed by atoms with E-state index in [1.54, 1.807) is 16.7 Å². The lowest BCUT2D eigenvalue weighted by atomic mass is 9.89. The van der Waals surface area contributed by atoms with Crippen molar-refractivity contribution in [1.29, 1.82) is 0 Å². The zero-order valence-corrected chi connectivity index (χ0v) is 13.7. The minimum absolute atomic E-state index is 0.320. The van der Waals surface area contributed by atoms with Gasteiger partial charge in [-0.25, -0.2) is 0 Å². The van der Waals surface area contributed by atoms with E-state index in [0.717, 1.165) is 19.3 Å². The Morgan fingerprint density at radius 3 is 1.75 bits per heavy atom. The van der Waals surface area contributed by atoms with Crippen molar-refractivity contribution in [2.24, 2.45) is 0 Å². The lowest BCUT2D eigenvalue weighted by Crippen LogP contribution is -2.04. The summed E-state index contributed by atoms with van der Waals surface area (Å²) in [7, 11) is 0. The Labute approximate surface area is 125 Å². The van der Waals surface area contributed by atoms with Gasteiger partial charge in [-0.1, -0.05) is 52.2 Å². The Morgan fingerprint density at radius 1 is 0.750 bits per heavy atom. The van der Waals surface area contributed by atoms with Gasteiger partial charge in [0.1, 0.15) is 0 Å². The molecular weight excluding hydrogens is 244 g/mol. The van der Waals surface area contributed by atoms with E-state index in [1.165, 1.54) is 44.1 Å². The Balaban J connectivity index is 3.05. The molecular formula is C19H32O. The lowest BCUT2D eigenvalue weighted by Gasteiger charge is -2.17. The Hall–Kier alpha value is -0.820. The molecule has 0 aliphatic rings. The van der Waals surface area contributed by atoms with E-state index >= 15 is 0 Å². The number of aryl methyl sites for hydroxylation is 3. The molecule has 0 atom stereocenters. The van der Waals surface area contributed by atoms with Gasteiger partial charge in [0.2, 0.25) is 0 Å². The zero-order chi connectivity index (χ0) is 14.8. The average Bonchev–Trinajstić information content (AvgIpc) is 2.43. The summed E-state index contributed by atoms with van der Waals surface area (Å²) in [6.07, 6.45) is 10.4. The van der Waals surface area contributed by atoms with E-state index in [0.29, 0.717) is 6.61 Å². The number of unbranched alkanes of at least 4 members (excludes halogenated alkanes) is 1. The molecule has 0 amide bonds. The number of hydrogen-bond acceptors (Lipinski definition) is 1. The van der Waals surface area contributed by atoms with Crippen LogP contribution in [0.15, 0.2) is 12.1 Å². The Morgan fingerprint density at radius 2 is 1.30 bits per heavy atom. The van der Waals surface area contributed by atoms with Gasteiger partial charge in [0.25, 0.3) is 0 Å². The first-order valence-electron chi connectivity index (χ1n) is 8.51. The molecule has 1 rings (SSSR count). The van der Waals surface area contributed by atoms with Crippen LogP contribution in [0.1, 0.15) is 75.1 Å². The van der Waals surface area contributed by atoms with E-state index < -0.39 is 0 Å². The molecule has 0 fully saturated rings. The highest BCUT2D eigenvalue weighted by Crippen LogP contribution is 2.24. The first-order chi connectivity index (χ1) is 9.76. The molecule has 0 saturated carbocycles. The smallest absolute Gasteiger partial charge is 0.0431 e. The molecule has 0 aliphatic carbocycles. The summed E-state index contributed by atoms with van der Waals surface area (Å²) in [5.74, 6) is 0. The zero-order valence-electron chi connectivity index (χ0n) is 13.7. The van der Waals surface area contributed by atoms with Crippen molar-refractivity contribution in [1.82, 2.24) is 0 Å². The summed E-state index contributed by atoms with van der Waals surface area (Å²) in [6.45, 7) is 7.11. The molecule has 20 heavy (non-hydrogen) atoms. The predicted molar refractivity (Wildman–Crippen MR) is 88.5 cm³/mol. The minimum atomic E-state index is 0.320. The van der Waals surface area contributed by atoms with Crippen LogP contribution < -0.4 is 0 Å². The van der Waals surface area contributed by atoms with Crippen LogP contribution in [0.2, 0.25) is 0 Å². The maximum Gasteiger partial charge on any atom is 0.0431 e. The van der Waals surface area contributed by atoms with E-state index in [2.05, 4.69) is 32.9 Å². The maximum absolute atomic E-state index is 9.00. The second kappa shape index (κ2) is 9.99. The Kier molecular flexibility index (Phi) is 8.60. The van der Waals surface area contributed by atoms with Crippen LogP contribution in [-0.2, 0) is 25.7 Å². The van der Waals surface area contributed by atoms with Crippen LogP contribution >= 0.6 is 0 Å². The second-order valence-corrected chi connectivity index (χ2v) is 5.82. The van der Waals surface area contributed by atoms with Crippen molar-refractivity contribution in [2.75, 3.05) is 6.61 Å². The van der Waals surface area contributed by atoms with Crippen molar-refractivity contribution in [2.45, 2.75) is 78.6 Å². The number of rotatable bonds is 10. The van der Waals surface area contributed by atoms with Crippen LogP contribution in [0.4, 0.5) is 0 Å². The second-order valence-electron chi connectivity index (χ2n) is 5.82. The van der Waals surface area contributed by atoms with Crippen molar-refractivity contribution in [3.8, 4) is 0 Å². The highest BCUT2D eigenvalue weighted by molar-refractivity contribution is 5.40. The first kappa shape index (κ1) is 17.2. The van der Waals surface area contributed by atoms with Crippen LogP contribution in [0.25, 0.3) is 0 Å². The van der Waals surface area contributed by atoms with Crippen molar-refractivity contribution < 1.29 is 5.11 Å². The molecule has 1 aromatic carbocycles. The fourth-order valence-electron chi connectivity index (χ4n) is 3.02. The van der Waals surface area contributed by atoms with Crippen LogP contribution in [0.5, 0.6) is 0 Å². The number of hydrogen-bond donors (Lipinski definition) is 1. The van der Waals surface area contributed by atoms with E-state index in [-0.39, 0.29) is 0 Å². The van der Waals surface area contributed by atoms with Gasteiger partial charge in [0.05, 0.1) is 0 Å². The quantitative estimate of drug-likeness (QED) is 0.605. The van der Waals surface area contributed by atoms with Crippen LogP contribution in [0, 0.1) is 0 Å². The molecule has 1 N–H and O–H groups in total. The summed E-state index contributed by atoms with van der Waals surface area (Å²) >= 11 is 0. The number of aliphatic hydroxyl groups is 1. The summed E-state index contributed by atoms with van der Waals surface area (Å²) in [4.78, 5) is 0. The average molecular weight is 276 g/mol. The summed E-state index contributed by atoms with van der Waals surface area (Å²) < 4.78 is 0. The lowest BCUT2D eigenvalue weighted by molar-refractivity contribution is 0.284. The maximum atomic E-state index is 9.00. The largest absolute Gasteiger partial charge is 0.396 e. The fourth-order valence-corrected chi connectivity index (χ4v) is 3.02. The van der Waals surface area contributed by atoms with Gasteiger partial charge in [-0.2, -0.15) is 0 Å². The SMILES string of the molecule is CCCc1cc(CCC)c(CCCCO)c(CCC)c1. The molecule has 0 radical (unpaired) electrons. The van der Waals surface area contributed by atoms with E-state index in [9.17, 15) is 0 Å². The van der Waals surface area contributed by atoms with Crippen molar-refractivity contribution in [3.05, 3.63) is 34.4 Å². The molecule has 0 saturated heterocycles. The third kappa shape index (κ3) is 5.28. The predicted octanol–water partition coefficient (Wildman–Crippen LogP) is 4.86. The first-order valence-corrected chi connectivity index (χ1v) is 8.51. The molecule has 0 spiro atoms. The number of benzene rings is 1. The van der Waals surface area contributed by atoms with Gasteiger partial charge >= 0.3 is 0 Å². The summed E-state index contributed by atoms with van der Waals surface area (Å²) in [5.41, 5.74) is 6.24. The molecule has 0 bridgehead atoms. The monoisotopic (exact) mass is 276 g/mol. The van der Waals surface area contributed by atoms with Crippen molar-refractivity contribution >= 4 is 0 Å². The molecule has 0 heterocycles. The van der Waals surface area contributed by atoms with E-state index in [4.69, 9.17) is 5.11 Å². The number of aliphatic hydroxyl groups excluding tert-OH is 1. The minimum Gasteiger partial charge on any atom is -0.396 e. The van der Waals surface area contributed by atoms with Gasteiger partial charge in [-0.15, -0.1) is 0 Å². The third-order valence-corrected chi connectivity index (χ3v) is 3.91. The van der Waals surface area contributed by atoms with Gasteiger partial charge in [0.15, 0.2) is 0 Å². The standard InChI is InChI=1S/C19H32O/c1-4-9-16-14-17(10-5-2)19(12-7-8-13-20)18(15-16)11-6-3/h14-15,20H,4-13H2,1-3H3. The van der Waals surface area contributed by atoms with Gasteiger partial charge < -0.3 is 5.11 Å². The molecule has 1 heteroatoms. The van der Waals surface area contributed by atoms with Gasteiger partial charge in [0, 0.05) is 6.61 Å². The van der Waals surface area contributed by atoms with Crippen LogP contribution in [0.3, 0.4) is 0 Å². The van der Waals surface area contributed by atoms with Gasteiger partial charge in [-0.05, 0) is 60.8 Å². The summed E-state index contributed by atoms with van der Waals surface area (Å²) in [6, 6.07) is 4.89. The Bertz CT molecular complexity index is 354. The molecule has 114 valence electrons. The topological polar surface area (TPSA) is 20.2 Å². The third-order valence-electron chi connectivity index (χ3n) is 3.91. The van der Waals surface area contributed by atoms with Gasteiger partial charge in [-0.3, -0.25) is 0 Å². The van der Waals surface area contributed by atoms with Crippen LogP contribution in [-0.4, -0.2) is 11.7 Å².